The number of aryl methyl sites for hydroxylation is 2. The number of furan rings is 1. The van der Waals surface area contributed by atoms with Crippen LogP contribution in [-0.4, -0.2) is 61.5 Å². The van der Waals surface area contributed by atoms with Crippen LogP contribution in [0.4, 0.5) is 0 Å². The summed E-state index contributed by atoms with van der Waals surface area (Å²) in [5.74, 6) is 1.69. The minimum Gasteiger partial charge on any atom is -0.466 e. The fraction of sp³-hybridized carbons (Fsp3) is 0.684. The van der Waals surface area contributed by atoms with E-state index in [1.165, 1.54) is 0 Å². The van der Waals surface area contributed by atoms with Gasteiger partial charge >= 0.3 is 0 Å². The van der Waals surface area contributed by atoms with Gasteiger partial charge in [-0.05, 0) is 45.6 Å². The number of likely N-dealkylation sites (tertiary alicyclic amines) is 2. The van der Waals surface area contributed by atoms with E-state index in [0.29, 0.717) is 37.6 Å². The molecule has 6 heteroatoms. The number of ether oxygens (including phenoxy) is 1. The lowest BCUT2D eigenvalue weighted by molar-refractivity contribution is -0.150. The second-order valence-electron chi connectivity index (χ2n) is 7.29. The SMILES string of the molecule is COCCN1CCCC2(CCN(C(=O)c3cc(C)oc3C)CC2)C1=O. The molecule has 0 N–H and O–H groups in total. The molecule has 3 heterocycles. The second kappa shape index (κ2) is 7.20. The lowest BCUT2D eigenvalue weighted by Crippen LogP contribution is -2.54. The van der Waals surface area contributed by atoms with Crippen molar-refractivity contribution in [3.05, 3.63) is 23.2 Å². The van der Waals surface area contributed by atoms with Gasteiger partial charge in [0.05, 0.1) is 17.6 Å². The van der Waals surface area contributed by atoms with Crippen LogP contribution < -0.4 is 0 Å². The second-order valence-corrected chi connectivity index (χ2v) is 7.29. The quantitative estimate of drug-likeness (QED) is 0.838. The van der Waals surface area contributed by atoms with Gasteiger partial charge in [-0.15, -0.1) is 0 Å². The van der Waals surface area contributed by atoms with Crippen molar-refractivity contribution >= 4 is 11.8 Å². The van der Waals surface area contributed by atoms with Crippen molar-refractivity contribution in [2.45, 2.75) is 39.5 Å². The van der Waals surface area contributed by atoms with Crippen molar-refractivity contribution in [2.75, 3.05) is 39.9 Å². The van der Waals surface area contributed by atoms with E-state index < -0.39 is 0 Å². The maximum Gasteiger partial charge on any atom is 0.257 e. The minimum absolute atomic E-state index is 0.0173. The number of hydrogen-bond acceptors (Lipinski definition) is 4. The van der Waals surface area contributed by atoms with Gasteiger partial charge in [0.1, 0.15) is 11.5 Å². The fourth-order valence-corrected chi connectivity index (χ4v) is 4.18. The van der Waals surface area contributed by atoms with Gasteiger partial charge in [0.15, 0.2) is 0 Å². The summed E-state index contributed by atoms with van der Waals surface area (Å²) in [6, 6.07) is 1.81. The summed E-state index contributed by atoms with van der Waals surface area (Å²) in [4.78, 5) is 29.5. The first kappa shape index (κ1) is 18.0. The number of rotatable bonds is 4. The highest BCUT2D eigenvalue weighted by atomic mass is 16.5. The Balaban J connectivity index is 1.65. The molecule has 0 atom stereocenters. The number of piperidine rings is 2. The number of hydrogen-bond donors (Lipinski definition) is 0. The number of methoxy groups -OCH3 is 1. The molecule has 0 aliphatic carbocycles. The third-order valence-corrected chi connectivity index (χ3v) is 5.67. The summed E-state index contributed by atoms with van der Waals surface area (Å²) in [7, 11) is 1.66. The van der Waals surface area contributed by atoms with Gasteiger partial charge in [0.2, 0.25) is 5.91 Å². The summed E-state index contributed by atoms with van der Waals surface area (Å²) in [5.41, 5.74) is 0.356. The van der Waals surface area contributed by atoms with E-state index in [9.17, 15) is 9.59 Å². The Morgan fingerprint density at radius 1 is 1.24 bits per heavy atom. The van der Waals surface area contributed by atoms with Crippen molar-refractivity contribution in [1.29, 1.82) is 0 Å². The van der Waals surface area contributed by atoms with Gasteiger partial charge < -0.3 is 19.0 Å². The van der Waals surface area contributed by atoms with Crippen LogP contribution >= 0.6 is 0 Å². The summed E-state index contributed by atoms with van der Waals surface area (Å²) in [6.45, 7) is 6.99. The Labute approximate surface area is 149 Å². The van der Waals surface area contributed by atoms with E-state index in [-0.39, 0.29) is 17.2 Å². The van der Waals surface area contributed by atoms with Crippen LogP contribution in [0.15, 0.2) is 10.5 Å². The van der Waals surface area contributed by atoms with Crippen molar-refractivity contribution in [1.82, 2.24) is 9.80 Å². The van der Waals surface area contributed by atoms with Crippen LogP contribution in [0.1, 0.15) is 47.6 Å². The smallest absolute Gasteiger partial charge is 0.257 e. The molecule has 138 valence electrons. The molecule has 1 aromatic heterocycles. The molecule has 2 saturated heterocycles. The van der Waals surface area contributed by atoms with Gasteiger partial charge in [-0.2, -0.15) is 0 Å². The lowest BCUT2D eigenvalue weighted by Gasteiger charge is -2.46. The number of carbonyl (C=O) groups excluding carboxylic acids is 2. The Kier molecular flexibility index (Phi) is 5.18. The molecule has 0 radical (unpaired) electrons. The monoisotopic (exact) mass is 348 g/mol. The first-order valence-electron chi connectivity index (χ1n) is 9.11. The Morgan fingerprint density at radius 2 is 1.96 bits per heavy atom. The zero-order chi connectivity index (χ0) is 18.0. The highest BCUT2D eigenvalue weighted by Crippen LogP contribution is 2.41. The molecule has 3 rings (SSSR count). The normalized spacial score (nSPS) is 20.4. The summed E-state index contributed by atoms with van der Waals surface area (Å²) < 4.78 is 10.6. The first-order valence-corrected chi connectivity index (χ1v) is 9.11. The average Bonchev–Trinajstić information content (AvgIpc) is 2.95. The summed E-state index contributed by atoms with van der Waals surface area (Å²) in [5, 5.41) is 0. The standard InChI is InChI=1S/C19H28N2O4/c1-14-13-16(15(2)25-14)17(22)20-9-6-19(7-10-20)5-4-8-21(18(19)23)11-12-24-3/h13H,4-12H2,1-3H3. The van der Waals surface area contributed by atoms with Gasteiger partial charge in [0, 0.05) is 33.3 Å². The third kappa shape index (κ3) is 3.45. The summed E-state index contributed by atoms with van der Waals surface area (Å²) >= 11 is 0. The predicted octanol–water partition coefficient (Wildman–Crippen LogP) is 2.39. The molecule has 2 aliphatic heterocycles. The maximum absolute atomic E-state index is 13.0. The number of carbonyl (C=O) groups is 2. The molecule has 0 aromatic carbocycles. The number of nitrogens with zero attached hydrogens (tertiary/aromatic N) is 2. The van der Waals surface area contributed by atoms with Gasteiger partial charge in [0.25, 0.3) is 5.91 Å². The van der Waals surface area contributed by atoms with E-state index in [2.05, 4.69) is 0 Å². The maximum atomic E-state index is 13.0. The molecule has 0 unspecified atom stereocenters. The van der Waals surface area contributed by atoms with E-state index in [1.807, 2.05) is 23.6 Å². The lowest BCUT2D eigenvalue weighted by atomic mass is 9.71. The number of amides is 2. The van der Waals surface area contributed by atoms with Crippen molar-refractivity contribution < 1.29 is 18.7 Å². The topological polar surface area (TPSA) is 63.0 Å². The van der Waals surface area contributed by atoms with E-state index in [4.69, 9.17) is 9.15 Å². The molecule has 1 spiro atoms. The molecule has 6 nitrogen and oxygen atoms in total. The van der Waals surface area contributed by atoms with Crippen LogP contribution in [-0.2, 0) is 9.53 Å². The largest absolute Gasteiger partial charge is 0.466 e. The Hall–Kier alpha value is -1.82. The van der Waals surface area contributed by atoms with Gasteiger partial charge in [-0.3, -0.25) is 9.59 Å². The van der Waals surface area contributed by atoms with E-state index in [1.54, 1.807) is 13.2 Å². The van der Waals surface area contributed by atoms with E-state index >= 15 is 0 Å². The van der Waals surface area contributed by atoms with Crippen molar-refractivity contribution in [2.24, 2.45) is 5.41 Å². The molecule has 2 amide bonds. The van der Waals surface area contributed by atoms with Crippen molar-refractivity contribution in [3.8, 4) is 0 Å². The first-order chi connectivity index (χ1) is 12.0. The Bertz CT molecular complexity index is 644. The van der Waals surface area contributed by atoms with Crippen LogP contribution in [0, 0.1) is 19.3 Å². The molecule has 1 aromatic rings. The van der Waals surface area contributed by atoms with Crippen LogP contribution in [0.25, 0.3) is 0 Å². The van der Waals surface area contributed by atoms with Crippen LogP contribution in [0.3, 0.4) is 0 Å². The highest BCUT2D eigenvalue weighted by Gasteiger charge is 2.46. The van der Waals surface area contributed by atoms with Crippen molar-refractivity contribution in [3.63, 3.8) is 0 Å². The zero-order valence-corrected chi connectivity index (χ0v) is 15.5. The average molecular weight is 348 g/mol. The minimum atomic E-state index is -0.288. The highest BCUT2D eigenvalue weighted by molar-refractivity contribution is 5.95. The molecular weight excluding hydrogens is 320 g/mol. The Morgan fingerprint density at radius 3 is 2.56 bits per heavy atom. The predicted molar refractivity (Wildman–Crippen MR) is 93.4 cm³/mol. The third-order valence-electron chi connectivity index (χ3n) is 5.67. The van der Waals surface area contributed by atoms with Crippen LogP contribution in [0.2, 0.25) is 0 Å². The fourth-order valence-electron chi connectivity index (χ4n) is 4.18. The molecule has 25 heavy (non-hydrogen) atoms. The zero-order valence-electron chi connectivity index (χ0n) is 15.5. The molecular formula is C19H28N2O4. The van der Waals surface area contributed by atoms with Gasteiger partial charge in [-0.1, -0.05) is 0 Å². The van der Waals surface area contributed by atoms with Crippen LogP contribution in [0.5, 0.6) is 0 Å². The molecule has 0 saturated carbocycles. The van der Waals surface area contributed by atoms with E-state index in [0.717, 1.165) is 38.0 Å². The molecule has 2 aliphatic rings. The molecule has 0 bridgehead atoms. The van der Waals surface area contributed by atoms with Gasteiger partial charge in [-0.25, -0.2) is 0 Å². The summed E-state index contributed by atoms with van der Waals surface area (Å²) in [6.07, 6.45) is 3.46. The molecule has 2 fully saturated rings.